The minimum absolute atomic E-state index is 0.265. The Morgan fingerprint density at radius 3 is 2.56 bits per heavy atom. The SMILES string of the molecule is CC(NS(=O)(=O)c1ccc(-c2c(C#N)c3ccc(F)cc3n2CC2CC2)nc1)C(F)(F)F. The average molecular weight is 466 g/mol. The normalized spacial score (nSPS) is 15.6. The molecule has 1 N–H and O–H groups in total. The predicted octanol–water partition coefficient (Wildman–Crippen LogP) is 4.35. The summed E-state index contributed by atoms with van der Waals surface area (Å²) in [4.78, 5) is 3.70. The molecule has 1 saturated carbocycles. The van der Waals surface area contributed by atoms with E-state index in [0.717, 1.165) is 25.1 Å². The van der Waals surface area contributed by atoms with E-state index >= 15 is 0 Å². The number of nitriles is 1. The topological polar surface area (TPSA) is 87.8 Å². The van der Waals surface area contributed by atoms with Gasteiger partial charge in [0.25, 0.3) is 0 Å². The molecule has 2 heterocycles. The van der Waals surface area contributed by atoms with Crippen LogP contribution in [0.25, 0.3) is 22.3 Å². The molecule has 1 aromatic carbocycles. The van der Waals surface area contributed by atoms with E-state index in [4.69, 9.17) is 0 Å². The van der Waals surface area contributed by atoms with Gasteiger partial charge in [0.05, 0.1) is 22.5 Å². The molecule has 0 bridgehead atoms. The summed E-state index contributed by atoms with van der Waals surface area (Å²) < 4.78 is 80.2. The van der Waals surface area contributed by atoms with Crippen LogP contribution in [-0.4, -0.2) is 30.2 Å². The number of hydrogen-bond acceptors (Lipinski definition) is 4. The van der Waals surface area contributed by atoms with E-state index in [2.05, 4.69) is 11.1 Å². The second-order valence-electron chi connectivity index (χ2n) is 7.81. The molecule has 0 radical (unpaired) electrons. The molecule has 1 aliphatic carbocycles. The van der Waals surface area contributed by atoms with Crippen LogP contribution in [-0.2, 0) is 16.6 Å². The Kier molecular flexibility index (Phi) is 5.46. The second-order valence-corrected chi connectivity index (χ2v) is 9.53. The molecule has 3 aromatic rings. The Balaban J connectivity index is 1.78. The van der Waals surface area contributed by atoms with E-state index in [1.807, 2.05) is 0 Å². The third-order valence-electron chi connectivity index (χ3n) is 5.39. The zero-order chi connectivity index (χ0) is 23.3. The highest BCUT2D eigenvalue weighted by atomic mass is 32.2. The lowest BCUT2D eigenvalue weighted by Crippen LogP contribution is -2.42. The van der Waals surface area contributed by atoms with Gasteiger partial charge in [0.1, 0.15) is 22.8 Å². The largest absolute Gasteiger partial charge is 0.404 e. The van der Waals surface area contributed by atoms with Crippen molar-refractivity contribution in [3.63, 3.8) is 0 Å². The minimum Gasteiger partial charge on any atom is -0.338 e. The number of benzene rings is 1. The molecule has 1 unspecified atom stereocenters. The fraction of sp³-hybridized carbons (Fsp3) is 0.333. The summed E-state index contributed by atoms with van der Waals surface area (Å²) in [5, 5.41) is 10.3. The van der Waals surface area contributed by atoms with E-state index in [0.29, 0.717) is 36.0 Å². The number of sulfonamides is 1. The molecule has 2 aromatic heterocycles. The van der Waals surface area contributed by atoms with Crippen molar-refractivity contribution in [3.05, 3.63) is 47.9 Å². The minimum atomic E-state index is -4.73. The number of pyridine rings is 1. The molecular weight excluding hydrogens is 448 g/mol. The van der Waals surface area contributed by atoms with E-state index in [-0.39, 0.29) is 11.3 Å². The quantitative estimate of drug-likeness (QED) is 0.547. The molecule has 11 heteroatoms. The van der Waals surface area contributed by atoms with Crippen LogP contribution in [0.4, 0.5) is 17.6 Å². The lowest BCUT2D eigenvalue weighted by atomic mass is 10.1. The maximum absolute atomic E-state index is 13.9. The highest BCUT2D eigenvalue weighted by Crippen LogP contribution is 2.38. The maximum atomic E-state index is 13.9. The Labute approximate surface area is 181 Å². The molecule has 0 saturated heterocycles. The zero-order valence-electron chi connectivity index (χ0n) is 16.8. The van der Waals surface area contributed by atoms with Gasteiger partial charge in [-0.25, -0.2) is 12.8 Å². The number of alkyl halides is 3. The van der Waals surface area contributed by atoms with Gasteiger partial charge in [-0.05, 0) is 56.0 Å². The highest BCUT2D eigenvalue weighted by molar-refractivity contribution is 7.89. The van der Waals surface area contributed by atoms with Crippen LogP contribution >= 0.6 is 0 Å². The van der Waals surface area contributed by atoms with Crippen molar-refractivity contribution in [1.82, 2.24) is 14.3 Å². The van der Waals surface area contributed by atoms with Gasteiger partial charge < -0.3 is 4.57 Å². The summed E-state index contributed by atoms with van der Waals surface area (Å²) in [6.07, 6.45) is -1.78. The van der Waals surface area contributed by atoms with Crippen molar-refractivity contribution >= 4 is 20.9 Å². The first kappa shape index (κ1) is 22.2. The van der Waals surface area contributed by atoms with Gasteiger partial charge >= 0.3 is 6.18 Å². The second kappa shape index (κ2) is 7.86. The van der Waals surface area contributed by atoms with Crippen molar-refractivity contribution in [3.8, 4) is 17.5 Å². The first-order chi connectivity index (χ1) is 15.0. The van der Waals surface area contributed by atoms with E-state index in [1.54, 1.807) is 9.29 Å². The van der Waals surface area contributed by atoms with Gasteiger partial charge in [0.2, 0.25) is 10.0 Å². The van der Waals surface area contributed by atoms with Crippen LogP contribution in [0.3, 0.4) is 0 Å². The number of fused-ring (bicyclic) bond motifs is 1. The molecule has 1 atom stereocenters. The number of nitrogens with zero attached hydrogens (tertiary/aromatic N) is 3. The fourth-order valence-corrected chi connectivity index (χ4v) is 4.67. The van der Waals surface area contributed by atoms with Gasteiger partial charge in [0, 0.05) is 18.1 Å². The molecule has 0 amide bonds. The summed E-state index contributed by atoms with van der Waals surface area (Å²) in [5.41, 5.74) is 1.48. The predicted molar refractivity (Wildman–Crippen MR) is 108 cm³/mol. The summed E-state index contributed by atoms with van der Waals surface area (Å²) in [6, 6.07) is 6.42. The van der Waals surface area contributed by atoms with Gasteiger partial charge in [-0.3, -0.25) is 4.98 Å². The van der Waals surface area contributed by atoms with Crippen LogP contribution in [0.2, 0.25) is 0 Å². The third kappa shape index (κ3) is 4.20. The standard InChI is InChI=1S/C21H18F4N4O2S/c1-12(21(23,24)25)28-32(30,31)15-5-7-18(27-10-15)20-17(9-26)16-6-4-14(22)8-19(16)29(20)11-13-2-3-13/h4-8,10,12-13,28H,2-3,11H2,1H3. The maximum Gasteiger partial charge on any atom is 0.404 e. The van der Waals surface area contributed by atoms with Crippen molar-refractivity contribution < 1.29 is 26.0 Å². The fourth-order valence-electron chi connectivity index (χ4n) is 3.50. The molecule has 32 heavy (non-hydrogen) atoms. The first-order valence-electron chi connectivity index (χ1n) is 9.78. The molecule has 1 fully saturated rings. The Morgan fingerprint density at radius 1 is 1.28 bits per heavy atom. The smallest absolute Gasteiger partial charge is 0.338 e. The summed E-state index contributed by atoms with van der Waals surface area (Å²) >= 11 is 0. The summed E-state index contributed by atoms with van der Waals surface area (Å²) in [6.45, 7) is 1.25. The van der Waals surface area contributed by atoms with Gasteiger partial charge in [0.15, 0.2) is 0 Å². The lowest BCUT2D eigenvalue weighted by Gasteiger charge is -2.17. The molecule has 1 aliphatic rings. The average Bonchev–Trinajstić information content (AvgIpc) is 3.49. The van der Waals surface area contributed by atoms with Crippen molar-refractivity contribution in [2.75, 3.05) is 0 Å². The number of halogens is 4. The zero-order valence-corrected chi connectivity index (χ0v) is 17.6. The van der Waals surface area contributed by atoms with Gasteiger partial charge in [-0.1, -0.05) is 0 Å². The molecule has 6 nitrogen and oxygen atoms in total. The molecule has 168 valence electrons. The van der Waals surface area contributed by atoms with E-state index in [9.17, 15) is 31.2 Å². The van der Waals surface area contributed by atoms with Crippen LogP contribution in [0, 0.1) is 23.1 Å². The van der Waals surface area contributed by atoms with Crippen molar-refractivity contribution in [2.45, 2.75) is 43.4 Å². The van der Waals surface area contributed by atoms with Crippen LogP contribution in [0.1, 0.15) is 25.3 Å². The Bertz CT molecular complexity index is 1320. The summed E-state index contributed by atoms with van der Waals surface area (Å²) in [5.74, 6) is -0.0748. The van der Waals surface area contributed by atoms with Crippen molar-refractivity contribution in [2.24, 2.45) is 5.92 Å². The van der Waals surface area contributed by atoms with Crippen LogP contribution in [0.15, 0.2) is 41.4 Å². The van der Waals surface area contributed by atoms with Crippen LogP contribution < -0.4 is 4.72 Å². The van der Waals surface area contributed by atoms with Gasteiger partial charge in [-0.15, -0.1) is 0 Å². The summed E-state index contributed by atoms with van der Waals surface area (Å²) in [7, 11) is -4.46. The van der Waals surface area contributed by atoms with E-state index < -0.39 is 33.0 Å². The molecule has 0 aliphatic heterocycles. The number of nitrogens with one attached hydrogen (secondary N) is 1. The number of aromatic nitrogens is 2. The van der Waals surface area contributed by atoms with Gasteiger partial charge in [-0.2, -0.15) is 23.2 Å². The van der Waals surface area contributed by atoms with Crippen molar-refractivity contribution in [1.29, 1.82) is 5.26 Å². The highest BCUT2D eigenvalue weighted by Gasteiger charge is 2.39. The molecule has 4 rings (SSSR count). The Morgan fingerprint density at radius 2 is 2.00 bits per heavy atom. The lowest BCUT2D eigenvalue weighted by molar-refractivity contribution is -0.147. The molecule has 0 spiro atoms. The third-order valence-corrected chi connectivity index (χ3v) is 6.91. The Hall–Kier alpha value is -2.97. The number of hydrogen-bond donors (Lipinski definition) is 1. The number of rotatable bonds is 6. The first-order valence-corrected chi connectivity index (χ1v) is 11.3. The van der Waals surface area contributed by atoms with Crippen LogP contribution in [0.5, 0.6) is 0 Å². The monoisotopic (exact) mass is 466 g/mol. The van der Waals surface area contributed by atoms with E-state index in [1.165, 1.54) is 24.3 Å². The molecular formula is C21H18F4N4O2S.